The van der Waals surface area contributed by atoms with Crippen LogP contribution in [0.2, 0.25) is 0 Å². The van der Waals surface area contributed by atoms with Gasteiger partial charge in [-0.1, -0.05) is 30.3 Å². The Morgan fingerprint density at radius 1 is 1.27 bits per heavy atom. The summed E-state index contributed by atoms with van der Waals surface area (Å²) in [6.45, 7) is 2.40. The maximum absolute atomic E-state index is 12.4. The van der Waals surface area contributed by atoms with E-state index in [1.807, 2.05) is 37.3 Å². The number of rotatable bonds is 6. The van der Waals surface area contributed by atoms with Crippen LogP contribution in [-0.4, -0.2) is 34.3 Å². The second-order valence-corrected chi connectivity index (χ2v) is 6.32. The van der Waals surface area contributed by atoms with E-state index >= 15 is 0 Å². The van der Waals surface area contributed by atoms with Crippen LogP contribution in [0.3, 0.4) is 0 Å². The van der Waals surface area contributed by atoms with Gasteiger partial charge < -0.3 is 19.7 Å². The second kappa shape index (κ2) is 7.43. The van der Waals surface area contributed by atoms with Crippen LogP contribution >= 0.6 is 0 Å². The van der Waals surface area contributed by atoms with E-state index in [4.69, 9.17) is 9.52 Å². The molecule has 136 valence electrons. The van der Waals surface area contributed by atoms with Gasteiger partial charge in [-0.05, 0) is 24.6 Å². The van der Waals surface area contributed by atoms with Crippen LogP contribution < -0.4 is 5.32 Å². The molecule has 1 aromatic heterocycles. The number of carbonyl (C=O) groups excluding carboxylic acids is 2. The molecule has 2 atom stereocenters. The fourth-order valence-corrected chi connectivity index (χ4v) is 3.10. The molecule has 3 rings (SSSR count). The molecule has 2 amide bonds. The molecule has 2 heterocycles. The van der Waals surface area contributed by atoms with Gasteiger partial charge in [-0.15, -0.1) is 0 Å². The van der Waals surface area contributed by atoms with Crippen LogP contribution in [0.5, 0.6) is 0 Å². The molecule has 1 saturated heterocycles. The zero-order chi connectivity index (χ0) is 18.7. The Kier molecular flexibility index (Phi) is 5.06. The zero-order valence-corrected chi connectivity index (χ0v) is 14.3. The van der Waals surface area contributed by atoms with Gasteiger partial charge in [0.25, 0.3) is 0 Å². The number of benzene rings is 1. The van der Waals surface area contributed by atoms with Crippen molar-refractivity contribution in [3.63, 3.8) is 0 Å². The Labute approximate surface area is 150 Å². The number of carbonyl (C=O) groups is 3. The topological polar surface area (TPSA) is 99.8 Å². The third-order valence-corrected chi connectivity index (χ3v) is 4.59. The van der Waals surface area contributed by atoms with Crippen molar-refractivity contribution in [1.82, 2.24) is 10.2 Å². The van der Waals surface area contributed by atoms with Gasteiger partial charge in [0.2, 0.25) is 17.6 Å². The molecule has 1 aliphatic rings. The van der Waals surface area contributed by atoms with Crippen LogP contribution in [0, 0.1) is 5.92 Å². The number of nitrogens with one attached hydrogen (secondary N) is 1. The highest BCUT2D eigenvalue weighted by Crippen LogP contribution is 2.28. The van der Waals surface area contributed by atoms with Crippen molar-refractivity contribution in [1.29, 1.82) is 0 Å². The maximum atomic E-state index is 12.4. The Morgan fingerprint density at radius 3 is 2.65 bits per heavy atom. The first kappa shape index (κ1) is 17.7. The predicted molar refractivity (Wildman–Crippen MR) is 92.2 cm³/mol. The van der Waals surface area contributed by atoms with E-state index in [9.17, 15) is 14.4 Å². The summed E-state index contributed by atoms with van der Waals surface area (Å²) in [5, 5.41) is 11.5. The number of likely N-dealkylation sites (tertiary alicyclic amines) is 1. The summed E-state index contributed by atoms with van der Waals surface area (Å²) >= 11 is 0. The lowest BCUT2D eigenvalue weighted by Crippen LogP contribution is -2.33. The molecule has 2 aromatic rings. The highest BCUT2D eigenvalue weighted by atomic mass is 16.4. The summed E-state index contributed by atoms with van der Waals surface area (Å²) in [7, 11) is 0. The molecule has 7 nitrogen and oxygen atoms in total. The monoisotopic (exact) mass is 356 g/mol. The number of carboxylic acid groups (broad SMARTS) is 1. The Hall–Kier alpha value is -3.09. The van der Waals surface area contributed by atoms with E-state index in [2.05, 4.69) is 5.32 Å². The molecule has 0 aliphatic carbocycles. The summed E-state index contributed by atoms with van der Waals surface area (Å²) in [4.78, 5) is 37.2. The average Bonchev–Trinajstić information content (AvgIpc) is 3.27. The first-order valence-corrected chi connectivity index (χ1v) is 8.40. The first-order valence-electron chi connectivity index (χ1n) is 8.40. The van der Waals surface area contributed by atoms with E-state index in [0.717, 1.165) is 5.56 Å². The first-order chi connectivity index (χ1) is 12.5. The van der Waals surface area contributed by atoms with Crippen LogP contribution in [0.1, 0.15) is 41.3 Å². The van der Waals surface area contributed by atoms with Crippen molar-refractivity contribution in [2.45, 2.75) is 25.9 Å². The number of amides is 2. The lowest BCUT2D eigenvalue weighted by molar-refractivity contribution is -0.130. The van der Waals surface area contributed by atoms with Crippen molar-refractivity contribution in [3.8, 4) is 0 Å². The lowest BCUT2D eigenvalue weighted by atomic mass is 10.1. The van der Waals surface area contributed by atoms with Crippen molar-refractivity contribution >= 4 is 17.8 Å². The summed E-state index contributed by atoms with van der Waals surface area (Å²) in [5.74, 6) is -1.69. The highest BCUT2D eigenvalue weighted by molar-refractivity contribution is 5.89. The van der Waals surface area contributed by atoms with E-state index in [-0.39, 0.29) is 36.6 Å². The number of hydrogen-bond donors (Lipinski definition) is 2. The number of aromatic carboxylic acids is 1. The number of hydrogen-bond acceptors (Lipinski definition) is 4. The average molecular weight is 356 g/mol. The normalized spacial score (nSPS) is 18.0. The summed E-state index contributed by atoms with van der Waals surface area (Å²) in [5.41, 5.74) is 1.03. The maximum Gasteiger partial charge on any atom is 0.371 e. The molecule has 1 aromatic carbocycles. The van der Waals surface area contributed by atoms with E-state index in [0.29, 0.717) is 12.3 Å². The third kappa shape index (κ3) is 3.77. The molecule has 2 N–H and O–H groups in total. The standard InChI is InChI=1S/C19H20N2O5/c1-12(13-5-3-2-4-6-13)21-11-14(9-17(21)22)18(23)20-10-15-7-8-16(26-15)19(24)25/h2-8,12,14H,9-11H2,1H3,(H,20,23)(H,24,25). The molecule has 7 heteroatoms. The van der Waals surface area contributed by atoms with E-state index < -0.39 is 11.9 Å². The SMILES string of the molecule is CC(c1ccccc1)N1CC(C(=O)NCc2ccc(C(=O)O)o2)CC1=O. The lowest BCUT2D eigenvalue weighted by Gasteiger charge is -2.25. The van der Waals surface area contributed by atoms with Gasteiger partial charge in [-0.3, -0.25) is 9.59 Å². The Bertz CT molecular complexity index is 814. The number of carboxylic acids is 1. The minimum Gasteiger partial charge on any atom is -0.475 e. The molecule has 0 saturated carbocycles. The number of furan rings is 1. The second-order valence-electron chi connectivity index (χ2n) is 6.32. The molecular formula is C19H20N2O5. The molecule has 2 unspecified atom stereocenters. The molecule has 1 aliphatic heterocycles. The van der Waals surface area contributed by atoms with Crippen molar-refractivity contribution in [2.75, 3.05) is 6.54 Å². The Balaban J connectivity index is 1.57. The van der Waals surface area contributed by atoms with Crippen molar-refractivity contribution in [2.24, 2.45) is 5.92 Å². The molecule has 0 spiro atoms. The molecule has 1 fully saturated rings. The van der Waals surface area contributed by atoms with Gasteiger partial charge in [0.05, 0.1) is 18.5 Å². The summed E-state index contributed by atoms with van der Waals surface area (Å²) in [6, 6.07) is 12.4. The van der Waals surface area contributed by atoms with Gasteiger partial charge in [0.15, 0.2) is 0 Å². The fourth-order valence-electron chi connectivity index (χ4n) is 3.10. The summed E-state index contributed by atoms with van der Waals surface area (Å²) in [6.07, 6.45) is 0.168. The van der Waals surface area contributed by atoms with Crippen molar-refractivity contribution in [3.05, 3.63) is 59.5 Å². The largest absolute Gasteiger partial charge is 0.475 e. The van der Waals surface area contributed by atoms with Crippen LogP contribution in [0.15, 0.2) is 46.9 Å². The Morgan fingerprint density at radius 2 is 2.00 bits per heavy atom. The van der Waals surface area contributed by atoms with E-state index in [1.165, 1.54) is 12.1 Å². The minimum absolute atomic E-state index is 0.0485. The van der Waals surface area contributed by atoms with Crippen LogP contribution in [0.4, 0.5) is 0 Å². The quantitative estimate of drug-likeness (QED) is 0.826. The van der Waals surface area contributed by atoms with Crippen molar-refractivity contribution < 1.29 is 23.9 Å². The van der Waals surface area contributed by atoms with Gasteiger partial charge in [0.1, 0.15) is 5.76 Å². The molecule has 0 radical (unpaired) electrons. The molecule has 0 bridgehead atoms. The third-order valence-electron chi connectivity index (χ3n) is 4.59. The molecule has 26 heavy (non-hydrogen) atoms. The predicted octanol–water partition coefficient (Wildman–Crippen LogP) is 2.20. The summed E-state index contributed by atoms with van der Waals surface area (Å²) < 4.78 is 5.10. The van der Waals surface area contributed by atoms with Crippen LogP contribution in [0.25, 0.3) is 0 Å². The highest BCUT2D eigenvalue weighted by Gasteiger charge is 2.36. The zero-order valence-electron chi connectivity index (χ0n) is 14.3. The van der Waals surface area contributed by atoms with E-state index in [1.54, 1.807) is 4.90 Å². The van der Waals surface area contributed by atoms with Gasteiger partial charge in [-0.2, -0.15) is 0 Å². The minimum atomic E-state index is -1.16. The van der Waals surface area contributed by atoms with Gasteiger partial charge in [-0.25, -0.2) is 4.79 Å². The number of nitrogens with zero attached hydrogens (tertiary/aromatic N) is 1. The van der Waals surface area contributed by atoms with Crippen LogP contribution in [-0.2, 0) is 16.1 Å². The smallest absolute Gasteiger partial charge is 0.371 e. The van der Waals surface area contributed by atoms with Gasteiger partial charge >= 0.3 is 5.97 Å². The fraction of sp³-hybridized carbons (Fsp3) is 0.316. The molecular weight excluding hydrogens is 336 g/mol. The van der Waals surface area contributed by atoms with Gasteiger partial charge in [0, 0.05) is 13.0 Å².